The van der Waals surface area contributed by atoms with Crippen LogP contribution < -0.4 is 5.19 Å². The molecule has 0 saturated carbocycles. The highest BCUT2D eigenvalue weighted by atomic mass is 32.1. The van der Waals surface area contributed by atoms with Gasteiger partial charge in [0.05, 0.1) is 0 Å². The summed E-state index contributed by atoms with van der Waals surface area (Å²) in [5.74, 6) is 0. The van der Waals surface area contributed by atoms with Crippen LogP contribution in [0.5, 0.6) is 0 Å². The third-order valence-electron chi connectivity index (χ3n) is 2.84. The number of carbonyl (C=O) groups excluding carboxylic acids is 1. The van der Waals surface area contributed by atoms with E-state index < -0.39 is 14.4 Å². The van der Waals surface area contributed by atoms with Crippen LogP contribution in [0.15, 0.2) is 47.8 Å². The van der Waals surface area contributed by atoms with E-state index in [1.54, 1.807) is 11.3 Å². The predicted octanol–water partition coefficient (Wildman–Crippen LogP) is 3.12. The number of hydrogen-bond acceptors (Lipinski definition) is 3. The molecule has 1 heterocycles. The molecular weight excluding hydrogens is 260 g/mol. The first-order valence-corrected chi connectivity index (χ1v) is 9.64. The first-order chi connectivity index (χ1) is 8.63. The predicted molar refractivity (Wildman–Crippen MR) is 77.8 cm³/mol. The molecule has 1 unspecified atom stereocenters. The van der Waals surface area contributed by atoms with Crippen molar-refractivity contribution in [1.29, 1.82) is 0 Å². The Morgan fingerprint density at radius 1 is 1.17 bits per heavy atom. The van der Waals surface area contributed by atoms with Crippen LogP contribution in [0.3, 0.4) is 0 Å². The molecular formula is C14H16O2SSi. The van der Waals surface area contributed by atoms with Gasteiger partial charge in [-0.3, -0.25) is 0 Å². The second-order valence-electron chi connectivity index (χ2n) is 4.57. The van der Waals surface area contributed by atoms with Gasteiger partial charge in [0.1, 0.15) is 6.10 Å². The molecule has 0 fully saturated rings. The normalized spacial score (nSPS) is 13.2. The van der Waals surface area contributed by atoms with Crippen molar-refractivity contribution in [2.75, 3.05) is 0 Å². The molecule has 1 aromatic heterocycles. The maximum absolute atomic E-state index is 11.2. The van der Waals surface area contributed by atoms with Gasteiger partial charge in [-0.25, -0.2) is 0 Å². The lowest BCUT2D eigenvalue weighted by Crippen LogP contribution is -2.45. The number of rotatable bonds is 5. The van der Waals surface area contributed by atoms with Gasteiger partial charge >= 0.3 is 0 Å². The highest BCUT2D eigenvalue weighted by Gasteiger charge is 2.29. The van der Waals surface area contributed by atoms with Crippen molar-refractivity contribution in [2.24, 2.45) is 0 Å². The van der Waals surface area contributed by atoms with E-state index in [0.717, 1.165) is 11.2 Å². The second-order valence-corrected chi connectivity index (χ2v) is 9.38. The first-order valence-electron chi connectivity index (χ1n) is 5.85. The fourth-order valence-electron chi connectivity index (χ4n) is 1.83. The van der Waals surface area contributed by atoms with E-state index in [1.807, 2.05) is 35.7 Å². The highest BCUT2D eigenvalue weighted by Crippen LogP contribution is 2.24. The molecule has 1 atom stereocenters. The molecule has 0 bridgehead atoms. The fourth-order valence-corrected chi connectivity index (χ4v) is 4.57. The highest BCUT2D eigenvalue weighted by molar-refractivity contribution is 7.10. The number of benzene rings is 1. The Kier molecular flexibility index (Phi) is 4.11. The van der Waals surface area contributed by atoms with E-state index in [1.165, 1.54) is 5.19 Å². The molecule has 2 rings (SSSR count). The Hall–Kier alpha value is -1.23. The maximum Gasteiger partial charge on any atom is 0.219 e. The van der Waals surface area contributed by atoms with Crippen molar-refractivity contribution < 1.29 is 9.22 Å². The van der Waals surface area contributed by atoms with Gasteiger partial charge in [-0.1, -0.05) is 36.4 Å². The molecule has 0 amide bonds. The maximum atomic E-state index is 11.2. The van der Waals surface area contributed by atoms with Gasteiger partial charge in [-0.05, 0) is 29.7 Å². The van der Waals surface area contributed by atoms with E-state index in [9.17, 15) is 4.79 Å². The van der Waals surface area contributed by atoms with Crippen LogP contribution in [0.4, 0.5) is 0 Å². The molecule has 18 heavy (non-hydrogen) atoms. The SMILES string of the molecule is C[Si](C)(OC(C=O)c1cccs1)c1ccccc1. The summed E-state index contributed by atoms with van der Waals surface area (Å²) in [6.07, 6.45) is 0.454. The number of carbonyl (C=O) groups is 1. The van der Waals surface area contributed by atoms with Crippen LogP contribution in [0.25, 0.3) is 0 Å². The van der Waals surface area contributed by atoms with Gasteiger partial charge in [-0.2, -0.15) is 0 Å². The van der Waals surface area contributed by atoms with Crippen LogP contribution in [0.1, 0.15) is 11.0 Å². The van der Waals surface area contributed by atoms with Crippen molar-refractivity contribution in [3.63, 3.8) is 0 Å². The molecule has 0 aliphatic carbocycles. The minimum Gasteiger partial charge on any atom is -0.399 e. The zero-order valence-corrected chi connectivity index (χ0v) is 12.3. The smallest absolute Gasteiger partial charge is 0.219 e. The van der Waals surface area contributed by atoms with Gasteiger partial charge in [0.25, 0.3) is 0 Å². The summed E-state index contributed by atoms with van der Waals surface area (Å²) in [5.41, 5.74) is 0. The largest absolute Gasteiger partial charge is 0.399 e. The summed E-state index contributed by atoms with van der Waals surface area (Å²) >= 11 is 1.56. The summed E-state index contributed by atoms with van der Waals surface area (Å²) in [6, 6.07) is 14.0. The van der Waals surface area contributed by atoms with Gasteiger partial charge in [0.2, 0.25) is 8.32 Å². The van der Waals surface area contributed by atoms with Gasteiger partial charge in [-0.15, -0.1) is 11.3 Å². The quantitative estimate of drug-likeness (QED) is 0.619. The summed E-state index contributed by atoms with van der Waals surface area (Å²) in [6.45, 7) is 4.24. The average Bonchev–Trinajstić information content (AvgIpc) is 2.91. The third-order valence-corrected chi connectivity index (χ3v) is 6.34. The molecule has 0 spiro atoms. The van der Waals surface area contributed by atoms with Crippen molar-refractivity contribution in [3.8, 4) is 0 Å². The van der Waals surface area contributed by atoms with Crippen LogP contribution >= 0.6 is 11.3 Å². The van der Waals surface area contributed by atoms with Gasteiger partial charge < -0.3 is 9.22 Å². The molecule has 0 radical (unpaired) electrons. The molecule has 0 N–H and O–H groups in total. The lowest BCUT2D eigenvalue weighted by molar-refractivity contribution is -0.114. The van der Waals surface area contributed by atoms with Gasteiger partial charge in [0, 0.05) is 4.88 Å². The van der Waals surface area contributed by atoms with Crippen molar-refractivity contribution >= 4 is 31.1 Å². The van der Waals surface area contributed by atoms with Crippen molar-refractivity contribution in [2.45, 2.75) is 19.2 Å². The van der Waals surface area contributed by atoms with E-state index >= 15 is 0 Å². The molecule has 2 aromatic rings. The van der Waals surface area contributed by atoms with Crippen LogP contribution in [0, 0.1) is 0 Å². The summed E-state index contributed by atoms with van der Waals surface area (Å²) in [7, 11) is -2.04. The Morgan fingerprint density at radius 2 is 1.89 bits per heavy atom. The number of hydrogen-bond donors (Lipinski definition) is 0. The molecule has 1 aromatic carbocycles. The summed E-state index contributed by atoms with van der Waals surface area (Å²) in [4.78, 5) is 12.2. The third kappa shape index (κ3) is 2.96. The van der Waals surface area contributed by atoms with Crippen molar-refractivity contribution in [1.82, 2.24) is 0 Å². The standard InChI is InChI=1S/C14H16O2SSi/c1-18(2,12-7-4-3-5-8-12)16-13(11-15)14-9-6-10-17-14/h3-11,13H,1-2H3. The summed E-state index contributed by atoms with van der Waals surface area (Å²) < 4.78 is 6.10. The Balaban J connectivity index is 2.19. The van der Waals surface area contributed by atoms with E-state index in [-0.39, 0.29) is 0 Å². The molecule has 0 saturated heterocycles. The van der Waals surface area contributed by atoms with Gasteiger partial charge in [0.15, 0.2) is 6.29 Å². The average molecular weight is 276 g/mol. The Bertz CT molecular complexity index is 494. The van der Waals surface area contributed by atoms with E-state index in [0.29, 0.717) is 0 Å². The number of aldehydes is 1. The zero-order chi connectivity index (χ0) is 13.0. The minimum atomic E-state index is -2.04. The second kappa shape index (κ2) is 5.61. The Morgan fingerprint density at radius 3 is 2.44 bits per heavy atom. The molecule has 94 valence electrons. The molecule has 0 aliphatic rings. The van der Waals surface area contributed by atoms with Crippen molar-refractivity contribution in [3.05, 3.63) is 52.7 Å². The lowest BCUT2D eigenvalue weighted by atomic mass is 10.3. The molecule has 2 nitrogen and oxygen atoms in total. The topological polar surface area (TPSA) is 26.3 Å². The summed E-state index contributed by atoms with van der Waals surface area (Å²) in [5, 5.41) is 3.17. The Labute approximate surface area is 112 Å². The lowest BCUT2D eigenvalue weighted by Gasteiger charge is -2.26. The van der Waals surface area contributed by atoms with Crippen LogP contribution in [-0.2, 0) is 9.22 Å². The number of thiophene rings is 1. The molecule has 4 heteroatoms. The first kappa shape index (κ1) is 13.2. The van der Waals surface area contributed by atoms with E-state index in [4.69, 9.17) is 4.43 Å². The monoisotopic (exact) mass is 276 g/mol. The minimum absolute atomic E-state index is 0.438. The van der Waals surface area contributed by atoms with Crippen LogP contribution in [0.2, 0.25) is 13.1 Å². The van der Waals surface area contributed by atoms with Crippen LogP contribution in [-0.4, -0.2) is 14.6 Å². The fraction of sp³-hybridized carbons (Fsp3) is 0.214. The zero-order valence-electron chi connectivity index (χ0n) is 10.5. The van der Waals surface area contributed by atoms with E-state index in [2.05, 4.69) is 25.2 Å². The molecule has 0 aliphatic heterocycles.